The average molecular weight is 411 g/mol. The van der Waals surface area contributed by atoms with E-state index in [1.54, 1.807) is 30.3 Å². The van der Waals surface area contributed by atoms with Crippen molar-refractivity contribution in [2.45, 2.75) is 26.7 Å². The van der Waals surface area contributed by atoms with Crippen molar-refractivity contribution < 1.29 is 24.0 Å². The molecule has 1 heterocycles. The second kappa shape index (κ2) is 9.49. The lowest BCUT2D eigenvalue weighted by molar-refractivity contribution is -0.172. The Morgan fingerprint density at radius 1 is 0.967 bits per heavy atom. The number of amides is 3. The third-order valence-electron chi connectivity index (χ3n) is 5.13. The van der Waals surface area contributed by atoms with E-state index in [2.05, 4.69) is 24.1 Å². The molecule has 0 spiro atoms. The Morgan fingerprint density at radius 2 is 1.53 bits per heavy atom. The van der Waals surface area contributed by atoms with Crippen LogP contribution in [-0.4, -0.2) is 59.8 Å². The van der Waals surface area contributed by atoms with Crippen LogP contribution in [0.1, 0.15) is 47.4 Å². The summed E-state index contributed by atoms with van der Waals surface area (Å²) >= 11 is 0. The van der Waals surface area contributed by atoms with Gasteiger partial charge in [-0.3, -0.25) is 14.4 Å². The molecule has 0 atom stereocenters. The Hall–Kier alpha value is -3.26. The van der Waals surface area contributed by atoms with Crippen molar-refractivity contribution in [3.63, 3.8) is 0 Å². The maximum Gasteiger partial charge on any atom is 0.363 e. The normalized spacial score (nSPS) is 13.9. The molecule has 0 aromatic heterocycles. The molecule has 1 N–H and O–H groups in total. The van der Waals surface area contributed by atoms with Crippen molar-refractivity contribution in [2.24, 2.45) is 0 Å². The van der Waals surface area contributed by atoms with Gasteiger partial charge in [0.05, 0.1) is 5.56 Å². The molecule has 1 aliphatic heterocycles. The lowest BCUT2D eigenvalue weighted by atomic mass is 10.0. The van der Waals surface area contributed by atoms with Gasteiger partial charge in [-0.25, -0.2) is 4.79 Å². The van der Waals surface area contributed by atoms with Crippen molar-refractivity contribution >= 4 is 34.5 Å². The van der Waals surface area contributed by atoms with Gasteiger partial charge in [0.15, 0.2) is 0 Å². The van der Waals surface area contributed by atoms with Crippen LogP contribution in [0.5, 0.6) is 0 Å². The third kappa shape index (κ3) is 4.83. The summed E-state index contributed by atoms with van der Waals surface area (Å²) in [5.41, 5.74) is 0.747. The van der Waals surface area contributed by atoms with Crippen molar-refractivity contribution in [3.05, 3.63) is 47.5 Å². The molecule has 30 heavy (non-hydrogen) atoms. The van der Waals surface area contributed by atoms with Crippen LogP contribution in [0.15, 0.2) is 36.4 Å². The minimum absolute atomic E-state index is 0.0452. The third-order valence-corrected chi connectivity index (χ3v) is 5.13. The predicted octanol–water partition coefficient (Wildman–Crippen LogP) is 2.13. The van der Waals surface area contributed by atoms with Crippen molar-refractivity contribution in [1.82, 2.24) is 15.3 Å². The Balaban J connectivity index is 1.66. The van der Waals surface area contributed by atoms with Crippen molar-refractivity contribution in [2.75, 3.05) is 26.2 Å². The monoisotopic (exact) mass is 411 g/mol. The smallest absolute Gasteiger partial charge is 0.351 e. The fraction of sp³-hybridized carbons (Fsp3) is 0.364. The molecule has 1 aliphatic rings. The first-order valence-corrected chi connectivity index (χ1v) is 10.1. The van der Waals surface area contributed by atoms with Gasteiger partial charge < -0.3 is 15.1 Å². The number of carbonyl (C=O) groups excluding carboxylic acids is 4. The zero-order valence-electron chi connectivity index (χ0n) is 17.1. The van der Waals surface area contributed by atoms with E-state index in [1.807, 2.05) is 0 Å². The fourth-order valence-corrected chi connectivity index (χ4v) is 3.28. The van der Waals surface area contributed by atoms with Crippen LogP contribution in [0.2, 0.25) is 0 Å². The highest BCUT2D eigenvalue weighted by molar-refractivity contribution is 6.04. The van der Waals surface area contributed by atoms with Gasteiger partial charge >= 0.3 is 5.97 Å². The standard InChI is InChI=1S/C22H25N3O5/c1-3-24(4-2)12-11-23-21(28)17-7-5-16-14-18(8-6-15(16)13-17)22(29)30-25-19(26)9-10-20(25)27/h5-8,13-14H,3-4,9-12H2,1-2H3,(H,23,28). The zero-order chi connectivity index (χ0) is 21.7. The Bertz CT molecular complexity index is 968. The van der Waals surface area contributed by atoms with E-state index >= 15 is 0 Å². The number of hydrogen-bond acceptors (Lipinski definition) is 6. The quantitative estimate of drug-likeness (QED) is 0.669. The van der Waals surface area contributed by atoms with Gasteiger partial charge in [-0.2, -0.15) is 0 Å². The summed E-state index contributed by atoms with van der Waals surface area (Å²) in [5.74, 6) is -1.98. The number of carbonyl (C=O) groups is 4. The van der Waals surface area contributed by atoms with Crippen molar-refractivity contribution in [3.8, 4) is 0 Å². The van der Waals surface area contributed by atoms with Gasteiger partial charge in [-0.15, -0.1) is 5.06 Å². The molecule has 1 saturated heterocycles. The van der Waals surface area contributed by atoms with E-state index in [4.69, 9.17) is 4.84 Å². The zero-order valence-corrected chi connectivity index (χ0v) is 17.1. The summed E-state index contributed by atoms with van der Waals surface area (Å²) in [6, 6.07) is 10.0. The van der Waals surface area contributed by atoms with Crippen LogP contribution in [0.4, 0.5) is 0 Å². The fourth-order valence-electron chi connectivity index (χ4n) is 3.28. The Labute approximate surface area is 174 Å². The highest BCUT2D eigenvalue weighted by Gasteiger charge is 2.33. The molecule has 8 nitrogen and oxygen atoms in total. The number of rotatable bonds is 8. The molecule has 158 valence electrons. The van der Waals surface area contributed by atoms with E-state index in [-0.39, 0.29) is 24.3 Å². The lowest BCUT2D eigenvalue weighted by Crippen LogP contribution is -2.34. The molecule has 0 radical (unpaired) electrons. The molecular weight excluding hydrogens is 386 g/mol. The average Bonchev–Trinajstić information content (AvgIpc) is 3.07. The number of hydrogen-bond donors (Lipinski definition) is 1. The SMILES string of the molecule is CCN(CC)CCNC(=O)c1ccc2cc(C(=O)ON3C(=O)CCC3=O)ccc2c1. The highest BCUT2D eigenvalue weighted by atomic mass is 16.7. The minimum Gasteiger partial charge on any atom is -0.351 e. The predicted molar refractivity (Wildman–Crippen MR) is 111 cm³/mol. The second-order valence-electron chi connectivity index (χ2n) is 7.02. The van der Waals surface area contributed by atoms with Gasteiger partial charge in [0.2, 0.25) is 0 Å². The number of nitrogens with zero attached hydrogens (tertiary/aromatic N) is 2. The first-order valence-electron chi connectivity index (χ1n) is 10.1. The molecule has 3 amide bonds. The van der Waals surface area contributed by atoms with Crippen LogP contribution >= 0.6 is 0 Å². The summed E-state index contributed by atoms with van der Waals surface area (Å²) < 4.78 is 0. The number of benzene rings is 2. The van der Waals surface area contributed by atoms with Gasteiger partial charge in [0.25, 0.3) is 17.7 Å². The maximum atomic E-state index is 12.4. The van der Waals surface area contributed by atoms with Crippen molar-refractivity contribution in [1.29, 1.82) is 0 Å². The molecule has 8 heteroatoms. The number of fused-ring (bicyclic) bond motifs is 1. The summed E-state index contributed by atoms with van der Waals surface area (Å²) in [7, 11) is 0. The summed E-state index contributed by atoms with van der Waals surface area (Å²) in [6.45, 7) is 7.40. The molecule has 1 fully saturated rings. The van der Waals surface area contributed by atoms with E-state index in [0.717, 1.165) is 30.4 Å². The maximum absolute atomic E-state index is 12.4. The Morgan fingerprint density at radius 3 is 2.13 bits per heavy atom. The highest BCUT2D eigenvalue weighted by Crippen LogP contribution is 2.20. The number of hydroxylamine groups is 2. The van der Waals surface area contributed by atoms with Crippen LogP contribution in [0.3, 0.4) is 0 Å². The lowest BCUT2D eigenvalue weighted by Gasteiger charge is -2.18. The summed E-state index contributed by atoms with van der Waals surface area (Å²) in [4.78, 5) is 55.1. The molecule has 2 aromatic rings. The van der Waals surface area contributed by atoms with E-state index in [9.17, 15) is 19.2 Å². The molecule has 0 saturated carbocycles. The second-order valence-corrected chi connectivity index (χ2v) is 7.02. The first-order chi connectivity index (χ1) is 14.4. The summed E-state index contributed by atoms with van der Waals surface area (Å²) in [5, 5.41) is 4.97. The van der Waals surface area contributed by atoms with E-state index in [1.165, 1.54) is 6.07 Å². The van der Waals surface area contributed by atoms with Gasteiger partial charge in [0.1, 0.15) is 0 Å². The van der Waals surface area contributed by atoms with E-state index in [0.29, 0.717) is 17.2 Å². The summed E-state index contributed by atoms with van der Waals surface area (Å²) in [6.07, 6.45) is 0.0905. The van der Waals surface area contributed by atoms with E-state index < -0.39 is 17.8 Å². The topological polar surface area (TPSA) is 96.0 Å². The molecule has 3 rings (SSSR count). The van der Waals surface area contributed by atoms with Gasteiger partial charge in [-0.1, -0.05) is 26.0 Å². The first kappa shape index (κ1) is 21.4. The molecule has 2 aromatic carbocycles. The molecule has 0 aliphatic carbocycles. The van der Waals surface area contributed by atoms with Crippen LogP contribution < -0.4 is 5.32 Å². The molecular formula is C22H25N3O5. The molecule has 0 unspecified atom stereocenters. The minimum atomic E-state index is -0.779. The number of likely N-dealkylation sites (N-methyl/N-ethyl adjacent to an activating group) is 1. The van der Waals surface area contributed by atoms with Crippen LogP contribution in [-0.2, 0) is 14.4 Å². The number of imide groups is 1. The van der Waals surface area contributed by atoms with Crippen LogP contribution in [0, 0.1) is 0 Å². The van der Waals surface area contributed by atoms with Gasteiger partial charge in [-0.05, 0) is 48.1 Å². The van der Waals surface area contributed by atoms with Crippen LogP contribution in [0.25, 0.3) is 10.8 Å². The Kier molecular flexibility index (Phi) is 6.79. The molecule has 0 bridgehead atoms. The number of nitrogens with one attached hydrogen (secondary N) is 1. The van der Waals surface area contributed by atoms with Gasteiger partial charge in [0, 0.05) is 31.5 Å². The largest absolute Gasteiger partial charge is 0.363 e.